The highest BCUT2D eigenvalue weighted by Gasteiger charge is 2.38. The van der Waals surface area contributed by atoms with E-state index in [1.165, 1.54) is 29.6 Å². The first-order chi connectivity index (χ1) is 54.6. The van der Waals surface area contributed by atoms with Gasteiger partial charge in [0.1, 0.15) is 73.8 Å². The molecule has 1 atom stereocenters. The van der Waals surface area contributed by atoms with E-state index in [2.05, 4.69) is 174 Å². The number of fused-ring (bicyclic) bond motifs is 1. The molecule has 49 nitrogen and oxygen atoms in total. The van der Waals surface area contributed by atoms with E-state index in [4.69, 9.17) is 49.0 Å². The number of aromatic carboxylic acids is 1. The number of esters is 4. The number of terminal acetylenes is 3. The van der Waals surface area contributed by atoms with Crippen LogP contribution in [0.3, 0.4) is 0 Å². The highest BCUT2D eigenvalue weighted by Crippen LogP contribution is 2.36. The Morgan fingerprint density at radius 3 is 1.45 bits per heavy atom. The highest BCUT2D eigenvalue weighted by atomic mass is 79.9. The van der Waals surface area contributed by atoms with Gasteiger partial charge in [0.2, 0.25) is 0 Å². The molecule has 10 aromatic rings. The number of hydrogen-bond donors (Lipinski definition) is 5. The number of benzene rings is 1. The number of carboxylic acids is 2. The number of aromatic nitrogens is 33. The Morgan fingerprint density at radius 1 is 0.566 bits per heavy atom. The van der Waals surface area contributed by atoms with Crippen molar-refractivity contribution in [3.63, 3.8) is 0 Å². The third-order valence-electron chi connectivity index (χ3n) is 13.9. The molecule has 6 N–H and O–H groups in total. The Balaban J connectivity index is 0.000000249. The van der Waals surface area contributed by atoms with Gasteiger partial charge in [0.05, 0.1) is 88.5 Å². The van der Waals surface area contributed by atoms with E-state index in [9.17, 15) is 43.7 Å². The van der Waals surface area contributed by atoms with Crippen LogP contribution >= 0.6 is 15.9 Å². The van der Waals surface area contributed by atoms with Gasteiger partial charge in [-0.15, -0.1) is 75.4 Å². The van der Waals surface area contributed by atoms with E-state index in [-0.39, 0.29) is 106 Å². The van der Waals surface area contributed by atoms with Gasteiger partial charge in [-0.05, 0) is 106 Å². The van der Waals surface area contributed by atoms with Crippen molar-refractivity contribution in [1.29, 1.82) is 0 Å². The number of carboxylic acid groups (broad SMARTS) is 2. The van der Waals surface area contributed by atoms with Crippen LogP contribution in [0.1, 0.15) is 129 Å². The predicted octanol–water partition coefficient (Wildman–Crippen LogP) is -2.72. The molecular formula is C62H82BBrN34O15. The summed E-state index contributed by atoms with van der Waals surface area (Å²) in [7, 11) is -1.29. The van der Waals surface area contributed by atoms with Crippen molar-refractivity contribution in [2.75, 3.05) is 38.3 Å². The molecule has 0 spiro atoms. The van der Waals surface area contributed by atoms with Gasteiger partial charge in [0.15, 0.2) is 34.9 Å². The minimum Gasteiger partial charge on any atom is -0.535 e. The largest absolute Gasteiger partial charge is 0.535 e. The van der Waals surface area contributed by atoms with Crippen molar-refractivity contribution in [1.82, 2.24) is 167 Å². The Bertz CT molecular complexity index is 4680. The monoisotopic (exact) mass is 1630 g/mol. The lowest BCUT2D eigenvalue weighted by Gasteiger charge is -2.27. The molecule has 113 heavy (non-hydrogen) atoms. The average Bonchev–Trinajstić information content (AvgIpc) is 1.55. The van der Waals surface area contributed by atoms with Crippen molar-refractivity contribution in [2.45, 2.75) is 164 Å². The molecule has 11 rings (SSSR count). The van der Waals surface area contributed by atoms with Crippen LogP contribution in [0.15, 0.2) is 36.8 Å². The van der Waals surface area contributed by atoms with Crippen molar-refractivity contribution in [3.8, 4) is 42.8 Å². The SMILES string of the molecule is C#CCBr.C#CCn1nnc(CC(=O)OCC)n1.C#CCn1nnnc1CC(=O)OCC.CCCn1cc(Cn2nnnc2CC(=O)O)nn1.CCCn1cc(Cn2nnnc2CC(=O)OCC)nn1.CCOC(=O)Cc1nn[nH]n1.NCCn1cc(Cn2nnnc2CC(=O)C[C@H]2Cc3cccc(C(=O)O)c3OB2O)nn1. The molecule has 0 saturated heterocycles. The molecule has 0 amide bonds. The van der Waals surface area contributed by atoms with Gasteiger partial charge < -0.3 is 44.6 Å². The number of nitrogens with two attached hydrogens (primary N) is 1. The van der Waals surface area contributed by atoms with Gasteiger partial charge in [0, 0.05) is 31.9 Å². The van der Waals surface area contributed by atoms with Gasteiger partial charge in [-0.25, -0.2) is 23.5 Å². The number of H-pyrrole nitrogens is 1. The van der Waals surface area contributed by atoms with E-state index in [0.717, 1.165) is 31.6 Å². The van der Waals surface area contributed by atoms with Crippen molar-refractivity contribution < 1.29 is 72.4 Å². The summed E-state index contributed by atoms with van der Waals surface area (Å²) in [5.74, 6) is 5.21. The zero-order chi connectivity index (χ0) is 82.3. The average molecular weight is 1630 g/mol. The number of carbonyl (C=O) groups excluding carboxylic acids is 5. The molecule has 0 aliphatic carbocycles. The third kappa shape index (κ3) is 32.7. The first-order valence-electron chi connectivity index (χ1n) is 34.4. The van der Waals surface area contributed by atoms with Crippen LogP contribution in [0.4, 0.5) is 0 Å². The minimum atomic E-state index is -1.29. The Labute approximate surface area is 651 Å². The second-order valence-corrected chi connectivity index (χ2v) is 23.1. The fraction of sp³-hybridized carbons (Fsp3) is 0.500. The summed E-state index contributed by atoms with van der Waals surface area (Å²) in [6.45, 7) is 16.5. The van der Waals surface area contributed by atoms with E-state index >= 15 is 0 Å². The summed E-state index contributed by atoms with van der Waals surface area (Å²) in [5, 5.41) is 121. The van der Waals surface area contributed by atoms with Crippen LogP contribution in [0.5, 0.6) is 5.75 Å². The number of hydrogen-bond acceptors (Lipinski definition) is 38. The number of aromatic amines is 1. The first kappa shape index (κ1) is 90.1. The predicted molar refractivity (Wildman–Crippen MR) is 386 cm³/mol. The summed E-state index contributed by atoms with van der Waals surface area (Å²) < 4.78 is 35.4. The maximum atomic E-state index is 12.7. The number of nitrogens with zero attached hydrogens (tertiary/aromatic N) is 32. The van der Waals surface area contributed by atoms with E-state index in [0.29, 0.717) is 116 Å². The van der Waals surface area contributed by atoms with Crippen LogP contribution in [0.25, 0.3) is 0 Å². The lowest BCUT2D eigenvalue weighted by Crippen LogP contribution is -2.36. The van der Waals surface area contributed by atoms with Gasteiger partial charge in [0.25, 0.3) is 0 Å². The molecule has 0 unspecified atom stereocenters. The Hall–Kier alpha value is -13.5. The molecule has 1 aromatic carbocycles. The summed E-state index contributed by atoms with van der Waals surface area (Å²) >= 11 is 3.01. The molecule has 0 fully saturated rings. The molecule has 600 valence electrons. The van der Waals surface area contributed by atoms with Gasteiger partial charge in [-0.3, -0.25) is 42.8 Å². The molecule has 0 radical (unpaired) electrons. The fourth-order valence-corrected chi connectivity index (χ4v) is 9.21. The molecule has 9 aromatic heterocycles. The molecule has 1 aliphatic rings. The second-order valence-electron chi connectivity index (χ2n) is 22.5. The quantitative estimate of drug-likeness (QED) is 0.00917. The number of aliphatic carboxylic acids is 1. The lowest BCUT2D eigenvalue weighted by atomic mass is 9.64. The number of tetrazole rings is 6. The summed E-state index contributed by atoms with van der Waals surface area (Å²) in [5.41, 5.74) is 8.19. The van der Waals surface area contributed by atoms with E-state index < -0.39 is 24.9 Å². The maximum absolute atomic E-state index is 12.7. The number of nitrogens with one attached hydrogen (secondary N) is 1. The van der Waals surface area contributed by atoms with Crippen LogP contribution in [-0.4, -0.2) is 269 Å². The molecule has 0 saturated carbocycles. The fourth-order valence-electron chi connectivity index (χ4n) is 9.21. The number of Topliss-reactive ketones (excluding diaryl/α,β-unsaturated/α-hetero) is 1. The number of rotatable bonds is 33. The highest BCUT2D eigenvalue weighted by molar-refractivity contribution is 9.09. The number of para-hydroxylation sites is 1. The minimum absolute atomic E-state index is 0.0195. The van der Waals surface area contributed by atoms with E-state index in [1.807, 2.05) is 13.1 Å². The number of ketones is 1. The van der Waals surface area contributed by atoms with Crippen molar-refractivity contribution >= 4 is 64.6 Å². The third-order valence-corrected chi connectivity index (χ3v) is 14.2. The van der Waals surface area contributed by atoms with Crippen LogP contribution in [0, 0.1) is 37.0 Å². The number of halogens is 1. The van der Waals surface area contributed by atoms with Crippen LogP contribution < -0.4 is 10.4 Å². The topological polar surface area (TPSA) is 617 Å². The lowest BCUT2D eigenvalue weighted by molar-refractivity contribution is -0.143. The number of carbonyl (C=O) groups is 7. The van der Waals surface area contributed by atoms with Gasteiger partial charge >= 0.3 is 42.9 Å². The Morgan fingerprint density at radius 2 is 1.02 bits per heavy atom. The molecule has 51 heteroatoms. The summed E-state index contributed by atoms with van der Waals surface area (Å²) in [4.78, 5) is 80.2. The van der Waals surface area contributed by atoms with Crippen LogP contribution in [0.2, 0.25) is 5.82 Å². The van der Waals surface area contributed by atoms with Gasteiger partial charge in [-0.2, -0.15) is 10.0 Å². The molecule has 0 bridgehead atoms. The smallest absolute Gasteiger partial charge is 0.526 e. The number of ether oxygens (including phenoxy) is 4. The normalized spacial score (nSPS) is 11.4. The number of alkyl halides is 1. The summed E-state index contributed by atoms with van der Waals surface area (Å²) in [6, 6.07) is 4.75. The summed E-state index contributed by atoms with van der Waals surface area (Å²) in [6.07, 6.45) is 22.5. The maximum Gasteiger partial charge on any atom is 0.526 e. The zero-order valence-electron chi connectivity index (χ0n) is 62.3. The number of aryl methyl sites for hydroxylation is 2. The first-order valence-corrected chi connectivity index (χ1v) is 35.5. The van der Waals surface area contributed by atoms with Gasteiger partial charge in [-0.1, -0.05) is 80.5 Å². The molecule has 1 aliphatic heterocycles. The van der Waals surface area contributed by atoms with Crippen molar-refractivity contribution in [2.24, 2.45) is 5.73 Å². The molecule has 10 heterocycles. The van der Waals surface area contributed by atoms with E-state index in [1.54, 1.807) is 66.3 Å². The second kappa shape index (κ2) is 50.3. The molecular weight excluding hydrogens is 1550 g/mol. The van der Waals surface area contributed by atoms with Crippen LogP contribution in [-0.2, 0) is 145 Å². The Kier molecular flexibility index (Phi) is 40.1. The zero-order valence-corrected chi connectivity index (χ0v) is 63.9. The standard InChI is InChI=1S/C18H21BN8O5.C11H17N7O2.C9H13N7O2.2C8H10N4O2.C5H8N4O2.C3H3Br/c20-4-5-26-9-13(21-24-26)10-27-16(22-23-25-27)8-14(28)7-12-6-11-2-1-3-15(18(29)30)17(11)32-19(12)31;1-3-5-17-7-9(12-15-17)8-18-10(13-14-16-18)6-11(19)20-4-2;1-2-3-15-5-7(10-13-15)6-16-8(4-9(17)18)11-12-14-16;1-3-5-12-7(9-10-11-12)6-8(13)14-4-2;1-3-5-12-10-7(9-11-12)6-8(13)14-4-2;1-2-11-5(10)3-4-6-8-9-7-4;1-2-3-4/h1-3,9,12,31H,4-8,10,20H2,(H,29,30);7H,3-6,8H2,1-2H3;5H,2-4,6H2,1H3,(H,17,18);2*1H,4-6H2,2H3;2-3H2,1H3,(H,6,7,8,9);1H,3H2/t12-;;;;;;/m1....../s1. The van der Waals surface area contributed by atoms with Crippen molar-refractivity contribution in [3.05, 3.63) is 99.9 Å².